The second-order valence-electron chi connectivity index (χ2n) is 4.11. The highest BCUT2D eigenvalue weighted by atomic mass is 79.9. The molecule has 16 heavy (non-hydrogen) atoms. The van der Waals surface area contributed by atoms with Crippen LogP contribution in [-0.4, -0.2) is 5.11 Å². The zero-order valence-electron chi connectivity index (χ0n) is 9.16. The first-order valence-corrected chi connectivity index (χ1v) is 7.54. The van der Waals surface area contributed by atoms with Crippen molar-refractivity contribution in [1.82, 2.24) is 0 Å². The van der Waals surface area contributed by atoms with Crippen molar-refractivity contribution in [3.05, 3.63) is 42.7 Å². The molecule has 1 atom stereocenters. The van der Waals surface area contributed by atoms with Crippen LogP contribution in [0.4, 0.5) is 0 Å². The Morgan fingerprint density at radius 1 is 1.44 bits per heavy atom. The number of halogens is 1. The van der Waals surface area contributed by atoms with Gasteiger partial charge in [0.05, 0.1) is 0 Å². The van der Waals surface area contributed by atoms with Crippen LogP contribution in [0.2, 0.25) is 0 Å². The van der Waals surface area contributed by atoms with Gasteiger partial charge in [-0.3, -0.25) is 0 Å². The predicted molar refractivity (Wildman–Crippen MR) is 74.3 cm³/mol. The van der Waals surface area contributed by atoms with Gasteiger partial charge in [0.2, 0.25) is 0 Å². The van der Waals surface area contributed by atoms with E-state index in [-0.39, 0.29) is 0 Å². The number of thiophene rings is 2. The van der Waals surface area contributed by atoms with Crippen molar-refractivity contribution in [2.75, 3.05) is 0 Å². The minimum absolute atomic E-state index is 0.671. The maximum Gasteiger partial charge on any atom is 0.101 e. The van der Waals surface area contributed by atoms with E-state index in [0.717, 1.165) is 9.35 Å². The van der Waals surface area contributed by atoms with Gasteiger partial charge in [0, 0.05) is 26.0 Å². The molecule has 2 heterocycles. The fourth-order valence-electron chi connectivity index (χ4n) is 1.79. The van der Waals surface area contributed by atoms with E-state index < -0.39 is 5.60 Å². The van der Waals surface area contributed by atoms with E-state index in [9.17, 15) is 5.11 Å². The summed E-state index contributed by atoms with van der Waals surface area (Å²) in [4.78, 5) is 2.27. The van der Waals surface area contributed by atoms with Crippen LogP contribution in [0.1, 0.15) is 22.2 Å². The molecule has 0 saturated heterocycles. The van der Waals surface area contributed by atoms with Crippen molar-refractivity contribution in [2.24, 2.45) is 0 Å². The van der Waals surface area contributed by atoms with Crippen molar-refractivity contribution in [3.63, 3.8) is 0 Å². The third kappa shape index (κ3) is 2.56. The Bertz CT molecular complexity index is 485. The van der Waals surface area contributed by atoms with Crippen LogP contribution in [0, 0.1) is 6.92 Å². The van der Waals surface area contributed by atoms with Gasteiger partial charge >= 0.3 is 0 Å². The molecular formula is C12H13BrOS2. The van der Waals surface area contributed by atoms with E-state index in [0.29, 0.717) is 6.42 Å². The summed E-state index contributed by atoms with van der Waals surface area (Å²) >= 11 is 6.74. The van der Waals surface area contributed by atoms with Crippen molar-refractivity contribution in [1.29, 1.82) is 0 Å². The van der Waals surface area contributed by atoms with Crippen molar-refractivity contribution in [2.45, 2.75) is 25.9 Å². The molecule has 0 bridgehead atoms. The lowest BCUT2D eigenvalue weighted by Crippen LogP contribution is -2.23. The van der Waals surface area contributed by atoms with Gasteiger partial charge in [-0.05, 0) is 52.9 Å². The van der Waals surface area contributed by atoms with Crippen molar-refractivity contribution in [3.8, 4) is 0 Å². The van der Waals surface area contributed by atoms with Crippen LogP contribution in [0.5, 0.6) is 0 Å². The highest BCUT2D eigenvalue weighted by Crippen LogP contribution is 2.34. The zero-order valence-corrected chi connectivity index (χ0v) is 12.4. The summed E-state index contributed by atoms with van der Waals surface area (Å²) in [5, 5.41) is 14.6. The summed E-state index contributed by atoms with van der Waals surface area (Å²) in [6.07, 6.45) is 0.671. The third-order valence-electron chi connectivity index (χ3n) is 2.49. The fourth-order valence-corrected chi connectivity index (χ4v) is 4.38. The molecule has 0 aliphatic rings. The summed E-state index contributed by atoms with van der Waals surface area (Å²) in [7, 11) is 0. The Balaban J connectivity index is 2.23. The number of aryl methyl sites for hydroxylation is 1. The highest BCUT2D eigenvalue weighted by Gasteiger charge is 2.27. The van der Waals surface area contributed by atoms with Crippen LogP contribution >= 0.6 is 38.6 Å². The fraction of sp³-hybridized carbons (Fsp3) is 0.333. The van der Waals surface area contributed by atoms with E-state index in [1.165, 1.54) is 10.4 Å². The van der Waals surface area contributed by atoms with Gasteiger partial charge in [-0.2, -0.15) is 0 Å². The average molecular weight is 317 g/mol. The maximum atomic E-state index is 10.5. The molecule has 0 aliphatic carbocycles. The minimum atomic E-state index is -0.761. The summed E-state index contributed by atoms with van der Waals surface area (Å²) in [5.74, 6) is 0. The molecule has 0 aliphatic heterocycles. The summed E-state index contributed by atoms with van der Waals surface area (Å²) in [6, 6.07) is 4.13. The number of hydrogen-bond donors (Lipinski definition) is 1. The van der Waals surface area contributed by atoms with Gasteiger partial charge in [0.15, 0.2) is 0 Å². The molecule has 0 aromatic carbocycles. The molecule has 2 rings (SSSR count). The van der Waals surface area contributed by atoms with Gasteiger partial charge in [0.25, 0.3) is 0 Å². The van der Waals surface area contributed by atoms with Gasteiger partial charge in [0.1, 0.15) is 5.60 Å². The Labute approximate surface area is 112 Å². The first-order chi connectivity index (χ1) is 7.49. The predicted octanol–water partition coefficient (Wildman–Crippen LogP) is 4.33. The lowest BCUT2D eigenvalue weighted by Gasteiger charge is -2.22. The Morgan fingerprint density at radius 2 is 2.19 bits per heavy atom. The lowest BCUT2D eigenvalue weighted by molar-refractivity contribution is 0.0618. The molecule has 0 spiro atoms. The number of hydrogen-bond acceptors (Lipinski definition) is 3. The molecule has 0 amide bonds. The van der Waals surface area contributed by atoms with Crippen LogP contribution < -0.4 is 0 Å². The average Bonchev–Trinajstić information content (AvgIpc) is 2.74. The lowest BCUT2D eigenvalue weighted by atomic mass is 9.97. The van der Waals surface area contributed by atoms with Gasteiger partial charge < -0.3 is 5.11 Å². The number of rotatable bonds is 3. The monoisotopic (exact) mass is 316 g/mol. The molecule has 2 aromatic heterocycles. The quantitative estimate of drug-likeness (QED) is 0.893. The second kappa shape index (κ2) is 4.61. The van der Waals surface area contributed by atoms with Crippen LogP contribution in [0.25, 0.3) is 0 Å². The van der Waals surface area contributed by atoms with E-state index in [1.807, 2.05) is 24.6 Å². The Morgan fingerprint density at radius 3 is 2.69 bits per heavy atom. The van der Waals surface area contributed by atoms with Crippen molar-refractivity contribution < 1.29 is 5.11 Å². The molecule has 86 valence electrons. The molecule has 1 nitrogen and oxygen atoms in total. The molecule has 4 heteroatoms. The highest BCUT2D eigenvalue weighted by molar-refractivity contribution is 9.10. The van der Waals surface area contributed by atoms with Gasteiger partial charge in [-0.25, -0.2) is 0 Å². The van der Waals surface area contributed by atoms with E-state index in [4.69, 9.17) is 0 Å². The molecule has 0 radical (unpaired) electrons. The first kappa shape index (κ1) is 12.3. The zero-order chi connectivity index (χ0) is 11.8. The van der Waals surface area contributed by atoms with E-state index in [2.05, 4.69) is 28.1 Å². The third-order valence-corrected chi connectivity index (χ3v) is 5.46. The van der Waals surface area contributed by atoms with Crippen molar-refractivity contribution >= 4 is 38.6 Å². The topological polar surface area (TPSA) is 20.2 Å². The standard InChI is InChI=1S/C12H13BrOS2/c1-8-3-4-15-11(8)12(2,14)6-10-5-9(13)7-16-10/h3-5,7,14H,6H2,1-2H3. The molecule has 0 fully saturated rings. The van der Waals surface area contributed by atoms with E-state index in [1.54, 1.807) is 22.7 Å². The molecule has 1 N–H and O–H groups in total. The summed E-state index contributed by atoms with van der Waals surface area (Å²) in [5.41, 5.74) is 0.411. The molecule has 1 unspecified atom stereocenters. The summed E-state index contributed by atoms with van der Waals surface area (Å²) in [6.45, 7) is 3.93. The van der Waals surface area contributed by atoms with Gasteiger partial charge in [-0.15, -0.1) is 22.7 Å². The van der Waals surface area contributed by atoms with Crippen LogP contribution in [0.3, 0.4) is 0 Å². The van der Waals surface area contributed by atoms with E-state index >= 15 is 0 Å². The van der Waals surface area contributed by atoms with Crippen LogP contribution in [-0.2, 0) is 12.0 Å². The van der Waals surface area contributed by atoms with Gasteiger partial charge in [-0.1, -0.05) is 0 Å². The largest absolute Gasteiger partial charge is 0.384 e. The van der Waals surface area contributed by atoms with Crippen LogP contribution in [0.15, 0.2) is 27.4 Å². The normalized spacial score (nSPS) is 15.0. The first-order valence-electron chi connectivity index (χ1n) is 4.99. The molecule has 2 aromatic rings. The molecule has 0 saturated carbocycles. The minimum Gasteiger partial charge on any atom is -0.384 e. The molecular weight excluding hydrogens is 304 g/mol. The maximum absolute atomic E-state index is 10.5. The Hall–Kier alpha value is -0.160. The Kier molecular flexibility index (Phi) is 3.54. The number of aliphatic hydroxyl groups is 1. The summed E-state index contributed by atoms with van der Waals surface area (Å²) < 4.78 is 1.09. The second-order valence-corrected chi connectivity index (χ2v) is 6.94. The smallest absolute Gasteiger partial charge is 0.101 e. The SMILES string of the molecule is Cc1ccsc1C(C)(O)Cc1cc(Br)cs1.